The van der Waals surface area contributed by atoms with Crippen molar-refractivity contribution in [3.63, 3.8) is 0 Å². The highest BCUT2D eigenvalue weighted by Crippen LogP contribution is 2.50. The molecule has 0 saturated carbocycles. The number of morpholine rings is 1. The molecule has 184 valence electrons. The highest BCUT2D eigenvalue weighted by atomic mass is 16.5. The summed E-state index contributed by atoms with van der Waals surface area (Å²) < 4.78 is 10.7. The molecule has 0 aromatic heterocycles. The maximum atomic E-state index is 14.1. The summed E-state index contributed by atoms with van der Waals surface area (Å²) in [5.41, 5.74) is 1.56. The number of rotatable bonds is 6. The van der Waals surface area contributed by atoms with Crippen LogP contribution in [0.25, 0.3) is 0 Å². The first-order chi connectivity index (χ1) is 17.1. The summed E-state index contributed by atoms with van der Waals surface area (Å²) in [6, 6.07) is 16.8. The van der Waals surface area contributed by atoms with Crippen LogP contribution in [0.2, 0.25) is 0 Å². The number of urea groups is 1. The summed E-state index contributed by atoms with van der Waals surface area (Å²) >= 11 is 0. The molecule has 2 fully saturated rings. The molecule has 2 heterocycles. The number of hydrogen-bond acceptors (Lipinski definition) is 5. The highest BCUT2D eigenvalue weighted by molar-refractivity contribution is 5.92. The van der Waals surface area contributed by atoms with Crippen LogP contribution in [0.1, 0.15) is 23.1 Å². The van der Waals surface area contributed by atoms with Crippen molar-refractivity contribution in [2.75, 3.05) is 40.0 Å². The van der Waals surface area contributed by atoms with Crippen LogP contribution in [-0.2, 0) is 19.1 Å². The monoisotopic (exact) mass is 477 g/mol. The molecule has 4 atom stereocenters. The van der Waals surface area contributed by atoms with Crippen molar-refractivity contribution in [2.24, 2.45) is 5.92 Å². The Morgan fingerprint density at radius 3 is 2.20 bits per heavy atom. The molecule has 2 aromatic carbocycles. The summed E-state index contributed by atoms with van der Waals surface area (Å²) in [6.07, 6.45) is 1.59. The second-order valence-corrected chi connectivity index (χ2v) is 8.61. The molecule has 4 rings (SSSR count). The van der Waals surface area contributed by atoms with Gasteiger partial charge in [0.25, 0.3) is 0 Å². The average Bonchev–Trinajstić information content (AvgIpc) is 3.28. The number of likely N-dealkylation sites (tertiary alicyclic amines) is 1. The van der Waals surface area contributed by atoms with E-state index in [9.17, 15) is 14.4 Å². The Kier molecular flexibility index (Phi) is 7.82. The smallest absolute Gasteiger partial charge is 0.321 e. The maximum absolute atomic E-state index is 14.1. The number of esters is 1. The molecule has 0 radical (unpaired) electrons. The van der Waals surface area contributed by atoms with Crippen LogP contribution in [0.3, 0.4) is 0 Å². The molecular formula is C27H31N3O5. The van der Waals surface area contributed by atoms with Crippen LogP contribution in [0, 0.1) is 5.92 Å². The van der Waals surface area contributed by atoms with Gasteiger partial charge in [0.15, 0.2) is 0 Å². The van der Waals surface area contributed by atoms with Crippen molar-refractivity contribution in [3.05, 3.63) is 84.4 Å². The fourth-order valence-corrected chi connectivity index (χ4v) is 5.13. The maximum Gasteiger partial charge on any atom is 0.321 e. The molecule has 35 heavy (non-hydrogen) atoms. The van der Waals surface area contributed by atoms with Gasteiger partial charge in [0, 0.05) is 25.6 Å². The third-order valence-corrected chi connectivity index (χ3v) is 6.66. The van der Waals surface area contributed by atoms with E-state index in [0.29, 0.717) is 26.3 Å². The van der Waals surface area contributed by atoms with Gasteiger partial charge in [-0.3, -0.25) is 9.59 Å². The van der Waals surface area contributed by atoms with Crippen molar-refractivity contribution >= 4 is 17.9 Å². The summed E-state index contributed by atoms with van der Waals surface area (Å²) in [7, 11) is 1.34. The summed E-state index contributed by atoms with van der Waals surface area (Å²) in [6.45, 7) is 5.61. The van der Waals surface area contributed by atoms with E-state index in [2.05, 4.69) is 11.9 Å². The molecule has 0 spiro atoms. The van der Waals surface area contributed by atoms with Gasteiger partial charge in [-0.25, -0.2) is 4.79 Å². The van der Waals surface area contributed by atoms with Crippen molar-refractivity contribution in [3.8, 4) is 0 Å². The number of ether oxygens (including phenoxy) is 2. The first-order valence-electron chi connectivity index (χ1n) is 11.8. The Morgan fingerprint density at radius 2 is 1.63 bits per heavy atom. The predicted octanol–water partition coefficient (Wildman–Crippen LogP) is 2.74. The molecule has 8 nitrogen and oxygen atoms in total. The van der Waals surface area contributed by atoms with Crippen LogP contribution in [0.4, 0.5) is 4.79 Å². The van der Waals surface area contributed by atoms with E-state index >= 15 is 0 Å². The van der Waals surface area contributed by atoms with E-state index in [1.54, 1.807) is 15.9 Å². The molecule has 3 amide bonds. The number of amides is 3. The van der Waals surface area contributed by atoms with E-state index in [-0.39, 0.29) is 18.5 Å². The average molecular weight is 478 g/mol. The standard InChI is InChI=1S/C27H31N3O5/c1-3-14-28-25(31)24-21(19-10-6-4-7-11-19)22(26(32)34-2)23(20-12-8-5-9-13-20)30(24)27(33)29-15-17-35-18-16-29/h3-13,21-24H,1,14-18H2,2H3,(H,28,31). The second-order valence-electron chi connectivity index (χ2n) is 8.61. The SMILES string of the molecule is C=CCNC(=O)C1C(c2ccccc2)C(C(=O)OC)C(c2ccccc2)N1C(=O)N1CCOCC1. The fourth-order valence-electron chi connectivity index (χ4n) is 5.13. The zero-order valence-electron chi connectivity index (χ0n) is 19.8. The van der Waals surface area contributed by atoms with Crippen molar-refractivity contribution in [1.29, 1.82) is 0 Å². The predicted molar refractivity (Wildman–Crippen MR) is 130 cm³/mol. The molecule has 4 unspecified atom stereocenters. The number of carbonyl (C=O) groups excluding carboxylic acids is 3. The lowest BCUT2D eigenvalue weighted by molar-refractivity contribution is -0.146. The van der Waals surface area contributed by atoms with Gasteiger partial charge in [0.05, 0.1) is 32.3 Å². The van der Waals surface area contributed by atoms with Gasteiger partial charge in [-0.15, -0.1) is 6.58 Å². The molecule has 2 aliphatic heterocycles. The van der Waals surface area contributed by atoms with Gasteiger partial charge in [0.2, 0.25) is 5.91 Å². The number of hydrogen-bond donors (Lipinski definition) is 1. The van der Waals surface area contributed by atoms with E-state index in [0.717, 1.165) is 11.1 Å². The van der Waals surface area contributed by atoms with Crippen LogP contribution < -0.4 is 5.32 Å². The lowest BCUT2D eigenvalue weighted by Crippen LogP contribution is -2.54. The minimum atomic E-state index is -0.929. The molecule has 2 saturated heterocycles. The third kappa shape index (κ3) is 4.93. The van der Waals surface area contributed by atoms with Crippen LogP contribution >= 0.6 is 0 Å². The molecule has 2 aliphatic rings. The Bertz CT molecular complexity index is 1040. The second kappa shape index (κ2) is 11.2. The normalized spacial score (nSPS) is 24.0. The Morgan fingerprint density at radius 1 is 1.03 bits per heavy atom. The number of benzene rings is 2. The first kappa shape index (κ1) is 24.5. The minimum Gasteiger partial charge on any atom is -0.469 e. The number of carbonyl (C=O) groups is 3. The summed E-state index contributed by atoms with van der Waals surface area (Å²) in [4.78, 5) is 44.4. The minimum absolute atomic E-state index is 0.245. The van der Waals surface area contributed by atoms with Crippen molar-refractivity contribution in [1.82, 2.24) is 15.1 Å². The number of nitrogens with one attached hydrogen (secondary N) is 1. The summed E-state index contributed by atoms with van der Waals surface area (Å²) in [5, 5.41) is 2.87. The molecule has 1 N–H and O–H groups in total. The molecule has 0 bridgehead atoms. The van der Waals surface area contributed by atoms with E-state index in [1.807, 2.05) is 60.7 Å². The fraction of sp³-hybridized carbons (Fsp3) is 0.370. The van der Waals surface area contributed by atoms with Crippen molar-refractivity contribution < 1.29 is 23.9 Å². The lowest BCUT2D eigenvalue weighted by Gasteiger charge is -2.37. The van der Waals surface area contributed by atoms with Crippen LogP contribution in [0.15, 0.2) is 73.3 Å². The van der Waals surface area contributed by atoms with Gasteiger partial charge >= 0.3 is 12.0 Å². The third-order valence-electron chi connectivity index (χ3n) is 6.66. The zero-order valence-corrected chi connectivity index (χ0v) is 19.8. The van der Waals surface area contributed by atoms with Gasteiger partial charge in [-0.1, -0.05) is 66.7 Å². The van der Waals surface area contributed by atoms with Crippen LogP contribution in [0.5, 0.6) is 0 Å². The topological polar surface area (TPSA) is 88.2 Å². The van der Waals surface area contributed by atoms with Crippen LogP contribution in [-0.4, -0.2) is 73.7 Å². The lowest BCUT2D eigenvalue weighted by atomic mass is 9.80. The number of methoxy groups -OCH3 is 1. The molecule has 0 aliphatic carbocycles. The Balaban J connectivity index is 1.90. The van der Waals surface area contributed by atoms with E-state index < -0.39 is 29.9 Å². The largest absolute Gasteiger partial charge is 0.469 e. The van der Waals surface area contributed by atoms with Gasteiger partial charge in [-0.2, -0.15) is 0 Å². The summed E-state index contributed by atoms with van der Waals surface area (Å²) in [5.74, 6) is -2.20. The zero-order chi connectivity index (χ0) is 24.8. The Hall–Kier alpha value is -3.65. The van der Waals surface area contributed by atoms with Gasteiger partial charge in [0.1, 0.15) is 6.04 Å². The molecular weight excluding hydrogens is 446 g/mol. The molecule has 2 aromatic rings. The van der Waals surface area contributed by atoms with E-state index in [1.165, 1.54) is 7.11 Å². The highest BCUT2D eigenvalue weighted by Gasteiger charge is 2.58. The Labute approximate surface area is 205 Å². The quantitative estimate of drug-likeness (QED) is 0.511. The van der Waals surface area contributed by atoms with Gasteiger partial charge < -0.3 is 24.6 Å². The van der Waals surface area contributed by atoms with E-state index in [4.69, 9.17) is 9.47 Å². The number of nitrogens with zero attached hydrogens (tertiary/aromatic N) is 2. The molecule has 8 heteroatoms. The first-order valence-corrected chi connectivity index (χ1v) is 11.8. The van der Waals surface area contributed by atoms with Gasteiger partial charge in [-0.05, 0) is 11.1 Å². The van der Waals surface area contributed by atoms with Crippen molar-refractivity contribution in [2.45, 2.75) is 18.0 Å².